The SMILES string of the molecule is CCOC(=O)C1=C(C)NC(SCc2ccc(C(=O)O)cc2)=N[C@H]1c1ccc(F)cc1. The first kappa shape index (κ1) is 21.6. The highest BCUT2D eigenvalue weighted by Gasteiger charge is 2.30. The van der Waals surface area contributed by atoms with E-state index in [1.165, 1.54) is 23.9 Å². The van der Waals surface area contributed by atoms with Crippen LogP contribution in [-0.2, 0) is 15.3 Å². The van der Waals surface area contributed by atoms with Crippen molar-refractivity contribution < 1.29 is 23.8 Å². The predicted molar refractivity (Wildman–Crippen MR) is 114 cm³/mol. The highest BCUT2D eigenvalue weighted by Crippen LogP contribution is 2.33. The minimum absolute atomic E-state index is 0.228. The maximum atomic E-state index is 13.4. The van der Waals surface area contributed by atoms with Crippen molar-refractivity contribution in [2.24, 2.45) is 4.99 Å². The van der Waals surface area contributed by atoms with Gasteiger partial charge >= 0.3 is 11.9 Å². The smallest absolute Gasteiger partial charge is 0.338 e. The third-order valence-corrected chi connectivity index (χ3v) is 5.43. The van der Waals surface area contributed by atoms with Crippen molar-refractivity contribution in [3.63, 3.8) is 0 Å². The van der Waals surface area contributed by atoms with Crippen LogP contribution >= 0.6 is 11.8 Å². The molecule has 0 fully saturated rings. The maximum absolute atomic E-state index is 13.4. The van der Waals surface area contributed by atoms with Gasteiger partial charge in [0.15, 0.2) is 5.17 Å². The van der Waals surface area contributed by atoms with Crippen molar-refractivity contribution in [2.45, 2.75) is 25.6 Å². The summed E-state index contributed by atoms with van der Waals surface area (Å²) < 4.78 is 18.6. The Hall–Kier alpha value is -3.13. The quantitative estimate of drug-likeness (QED) is 0.667. The van der Waals surface area contributed by atoms with Gasteiger partial charge < -0.3 is 15.2 Å². The molecular weight excluding hydrogens is 407 g/mol. The molecule has 0 saturated heterocycles. The standard InChI is InChI=1S/C22H21FN2O4S/c1-3-29-21(28)18-13(2)24-22(25-19(18)15-8-10-17(23)11-9-15)30-12-14-4-6-16(7-5-14)20(26)27/h4-11,19H,3,12H2,1-2H3,(H,24,25)(H,26,27)/t19-/m0/s1. The number of ether oxygens (including phenoxy) is 1. The van der Waals surface area contributed by atoms with E-state index >= 15 is 0 Å². The number of esters is 1. The van der Waals surface area contributed by atoms with Crippen LogP contribution in [0.4, 0.5) is 4.39 Å². The molecular formula is C22H21FN2O4S. The fourth-order valence-corrected chi connectivity index (χ4v) is 3.88. The lowest BCUT2D eigenvalue weighted by Crippen LogP contribution is -2.30. The molecule has 0 spiro atoms. The molecule has 6 nitrogen and oxygen atoms in total. The molecule has 8 heteroatoms. The molecule has 1 aliphatic rings. The summed E-state index contributed by atoms with van der Waals surface area (Å²) in [4.78, 5) is 28.2. The third-order valence-electron chi connectivity index (χ3n) is 4.48. The normalized spacial score (nSPS) is 16.0. The molecule has 1 aliphatic heterocycles. The zero-order valence-corrected chi connectivity index (χ0v) is 17.3. The van der Waals surface area contributed by atoms with Crippen LogP contribution in [0.25, 0.3) is 0 Å². The van der Waals surface area contributed by atoms with Crippen molar-refractivity contribution >= 4 is 28.9 Å². The van der Waals surface area contributed by atoms with E-state index in [4.69, 9.17) is 9.84 Å². The molecule has 0 amide bonds. The lowest BCUT2D eigenvalue weighted by atomic mass is 9.96. The molecule has 2 aromatic carbocycles. The molecule has 0 radical (unpaired) electrons. The summed E-state index contributed by atoms with van der Waals surface area (Å²) in [5.41, 5.74) is 2.86. The minimum atomic E-state index is -0.970. The van der Waals surface area contributed by atoms with Crippen molar-refractivity contribution in [1.29, 1.82) is 0 Å². The Labute approximate surface area is 177 Å². The van der Waals surface area contributed by atoms with Crippen LogP contribution in [0.1, 0.15) is 41.4 Å². The summed E-state index contributed by atoms with van der Waals surface area (Å²) in [5.74, 6) is -1.24. The molecule has 1 atom stereocenters. The number of hydrogen-bond donors (Lipinski definition) is 2. The fourth-order valence-electron chi connectivity index (χ4n) is 2.98. The number of carbonyl (C=O) groups excluding carboxylic acids is 1. The molecule has 1 heterocycles. The molecule has 2 N–H and O–H groups in total. The molecule has 2 aromatic rings. The Bertz CT molecular complexity index is 1000. The lowest BCUT2D eigenvalue weighted by Gasteiger charge is -2.25. The first-order chi connectivity index (χ1) is 14.4. The van der Waals surface area contributed by atoms with Gasteiger partial charge in [0.1, 0.15) is 11.9 Å². The molecule has 0 bridgehead atoms. The fraction of sp³-hybridized carbons (Fsp3) is 0.227. The summed E-state index contributed by atoms with van der Waals surface area (Å²) in [6, 6.07) is 11.9. The number of nitrogens with one attached hydrogen (secondary N) is 1. The van der Waals surface area contributed by atoms with Gasteiger partial charge in [-0.2, -0.15) is 0 Å². The number of carbonyl (C=O) groups is 2. The summed E-state index contributed by atoms with van der Waals surface area (Å²) >= 11 is 1.43. The predicted octanol–water partition coefficient (Wildman–Crippen LogP) is 4.29. The van der Waals surface area contributed by atoms with Crippen LogP contribution in [0.5, 0.6) is 0 Å². The summed E-state index contributed by atoms with van der Waals surface area (Å²) in [5, 5.41) is 12.7. The van der Waals surface area contributed by atoms with Crippen LogP contribution in [0.2, 0.25) is 0 Å². The third kappa shape index (κ3) is 5.07. The van der Waals surface area contributed by atoms with E-state index in [0.29, 0.717) is 27.8 Å². The number of carboxylic acid groups (broad SMARTS) is 1. The molecule has 0 unspecified atom stereocenters. The number of aliphatic imine (C=N–C) groups is 1. The second kappa shape index (κ2) is 9.58. The second-order valence-electron chi connectivity index (χ2n) is 6.56. The Kier molecular flexibility index (Phi) is 6.89. The van der Waals surface area contributed by atoms with E-state index in [0.717, 1.165) is 5.56 Å². The van der Waals surface area contributed by atoms with Crippen LogP contribution < -0.4 is 5.32 Å². The van der Waals surface area contributed by atoms with Gasteiger partial charge in [0.05, 0.1) is 17.7 Å². The maximum Gasteiger partial charge on any atom is 0.338 e. The zero-order valence-electron chi connectivity index (χ0n) is 16.5. The number of carboxylic acids is 1. The van der Waals surface area contributed by atoms with Gasteiger partial charge in [-0.3, -0.25) is 0 Å². The van der Waals surface area contributed by atoms with Crippen molar-refractivity contribution in [3.05, 3.63) is 82.3 Å². The molecule has 0 aromatic heterocycles. The Morgan fingerprint density at radius 2 is 1.83 bits per heavy atom. The van der Waals surface area contributed by atoms with Crippen molar-refractivity contribution in [1.82, 2.24) is 5.32 Å². The van der Waals surface area contributed by atoms with Crippen molar-refractivity contribution in [2.75, 3.05) is 6.61 Å². The topological polar surface area (TPSA) is 88.0 Å². The van der Waals surface area contributed by atoms with Gasteiger partial charge in [0.25, 0.3) is 0 Å². The summed E-state index contributed by atoms with van der Waals surface area (Å²) in [7, 11) is 0. The number of hydrogen-bond acceptors (Lipinski definition) is 6. The van der Waals surface area contributed by atoms with Crippen LogP contribution in [0.15, 0.2) is 64.8 Å². The molecule has 156 valence electrons. The molecule has 0 saturated carbocycles. The van der Waals surface area contributed by atoms with Gasteiger partial charge in [-0.15, -0.1) is 0 Å². The van der Waals surface area contributed by atoms with Gasteiger partial charge in [0.2, 0.25) is 0 Å². The van der Waals surface area contributed by atoms with Gasteiger partial charge in [-0.05, 0) is 49.2 Å². The average molecular weight is 428 g/mol. The number of aromatic carboxylic acids is 1. The lowest BCUT2D eigenvalue weighted by molar-refractivity contribution is -0.138. The number of allylic oxidation sites excluding steroid dienone is 1. The zero-order chi connectivity index (χ0) is 21.7. The van der Waals surface area contributed by atoms with Crippen LogP contribution in [0, 0.1) is 5.82 Å². The molecule has 3 rings (SSSR count). The molecule has 30 heavy (non-hydrogen) atoms. The van der Waals surface area contributed by atoms with E-state index in [2.05, 4.69) is 10.3 Å². The van der Waals surface area contributed by atoms with E-state index in [1.54, 1.807) is 50.2 Å². The number of rotatable bonds is 6. The largest absolute Gasteiger partial charge is 0.478 e. The highest BCUT2D eigenvalue weighted by molar-refractivity contribution is 8.13. The van der Waals surface area contributed by atoms with Crippen molar-refractivity contribution in [3.8, 4) is 0 Å². The van der Waals surface area contributed by atoms with Gasteiger partial charge in [-0.25, -0.2) is 19.0 Å². The average Bonchev–Trinajstić information content (AvgIpc) is 2.72. The second-order valence-corrected chi connectivity index (χ2v) is 7.53. The Morgan fingerprint density at radius 3 is 2.43 bits per heavy atom. The monoisotopic (exact) mass is 428 g/mol. The number of thioether (sulfide) groups is 1. The Balaban J connectivity index is 1.83. The van der Waals surface area contributed by atoms with E-state index in [1.807, 2.05) is 0 Å². The number of halogens is 1. The minimum Gasteiger partial charge on any atom is -0.478 e. The first-order valence-corrected chi connectivity index (χ1v) is 10.3. The van der Waals surface area contributed by atoms with E-state index in [9.17, 15) is 14.0 Å². The number of amidine groups is 1. The first-order valence-electron chi connectivity index (χ1n) is 9.32. The van der Waals surface area contributed by atoms with Gasteiger partial charge in [0, 0.05) is 11.4 Å². The van der Waals surface area contributed by atoms with Crippen LogP contribution in [-0.4, -0.2) is 28.8 Å². The van der Waals surface area contributed by atoms with Gasteiger partial charge in [-0.1, -0.05) is 36.0 Å². The summed E-state index contributed by atoms with van der Waals surface area (Å²) in [6.07, 6.45) is 0. The van der Waals surface area contributed by atoms with E-state index in [-0.39, 0.29) is 18.0 Å². The van der Waals surface area contributed by atoms with Crippen LogP contribution in [0.3, 0.4) is 0 Å². The van der Waals surface area contributed by atoms with E-state index < -0.39 is 18.0 Å². The number of benzene rings is 2. The molecule has 0 aliphatic carbocycles. The number of nitrogens with zero attached hydrogens (tertiary/aromatic N) is 1. The summed E-state index contributed by atoms with van der Waals surface area (Å²) in [6.45, 7) is 3.75. The Morgan fingerprint density at radius 1 is 1.17 bits per heavy atom. The highest BCUT2D eigenvalue weighted by atomic mass is 32.2.